The molecule has 0 heterocycles. The minimum Gasteiger partial charge on any atom is -0.324 e. The summed E-state index contributed by atoms with van der Waals surface area (Å²) < 4.78 is 22.8. The Morgan fingerprint density at radius 1 is 1.47 bits per heavy atom. The second-order valence-corrected chi connectivity index (χ2v) is 6.30. The number of anilines is 1. The molecule has 0 fully saturated rings. The van der Waals surface area contributed by atoms with Crippen molar-refractivity contribution in [2.24, 2.45) is 0 Å². The Hall–Kier alpha value is -1.37. The molecule has 0 saturated carbocycles. The summed E-state index contributed by atoms with van der Waals surface area (Å²) in [6.45, 7) is 4.11. The fourth-order valence-corrected chi connectivity index (χ4v) is 2.12. The van der Waals surface area contributed by atoms with Crippen LogP contribution in [0.4, 0.5) is 5.69 Å². The van der Waals surface area contributed by atoms with E-state index < -0.39 is 9.84 Å². The largest absolute Gasteiger partial charge is 0.324 e. The average Bonchev–Trinajstić information content (AvgIpc) is 2.31. The third-order valence-corrected chi connectivity index (χ3v) is 3.65. The predicted octanol–water partition coefficient (Wildman–Crippen LogP) is 1.46. The molecule has 0 saturated heterocycles. The third kappa shape index (κ3) is 5.02. The maximum Gasteiger partial charge on any atom is 0.238 e. The molecule has 0 spiro atoms. The summed E-state index contributed by atoms with van der Waals surface area (Å²) in [4.78, 5) is 11.7. The lowest BCUT2D eigenvalue weighted by atomic mass is 10.3. The van der Waals surface area contributed by atoms with Crippen molar-refractivity contribution in [2.45, 2.75) is 4.90 Å². The Morgan fingerprint density at radius 2 is 2.16 bits per heavy atom. The summed E-state index contributed by atoms with van der Waals surface area (Å²) in [5.74, 6) is -0.311. The molecular weight excluding hydrogens is 288 g/mol. The van der Waals surface area contributed by atoms with Crippen LogP contribution in [-0.4, -0.2) is 33.7 Å². The number of halogens is 1. The first-order valence-corrected chi connectivity index (χ1v) is 7.72. The van der Waals surface area contributed by atoms with Gasteiger partial charge >= 0.3 is 0 Å². The molecule has 0 aliphatic rings. The van der Waals surface area contributed by atoms with Crippen LogP contribution < -0.4 is 10.6 Å². The van der Waals surface area contributed by atoms with Gasteiger partial charge in [-0.3, -0.25) is 4.79 Å². The van der Waals surface area contributed by atoms with Crippen molar-refractivity contribution in [3.63, 3.8) is 0 Å². The highest BCUT2D eigenvalue weighted by molar-refractivity contribution is 7.90. The minimum atomic E-state index is -3.34. The number of rotatable bonds is 6. The van der Waals surface area contributed by atoms with E-state index >= 15 is 0 Å². The van der Waals surface area contributed by atoms with Crippen LogP contribution in [0.1, 0.15) is 0 Å². The van der Waals surface area contributed by atoms with Gasteiger partial charge in [0.1, 0.15) is 0 Å². The zero-order chi connectivity index (χ0) is 14.5. The van der Waals surface area contributed by atoms with Crippen molar-refractivity contribution in [3.8, 4) is 0 Å². The smallest absolute Gasteiger partial charge is 0.238 e. The Kier molecular flexibility index (Phi) is 5.53. The van der Waals surface area contributed by atoms with Crippen LogP contribution in [0.25, 0.3) is 0 Å². The van der Waals surface area contributed by atoms with E-state index in [0.717, 1.165) is 6.26 Å². The molecule has 1 aromatic carbocycles. The van der Waals surface area contributed by atoms with Crippen molar-refractivity contribution < 1.29 is 13.2 Å². The summed E-state index contributed by atoms with van der Waals surface area (Å²) in [6.07, 6.45) is 2.72. The molecule has 0 aromatic heterocycles. The number of hydrogen-bond donors (Lipinski definition) is 2. The molecular formula is C12H15ClN2O3S. The Balaban J connectivity index is 2.83. The van der Waals surface area contributed by atoms with Crippen molar-refractivity contribution in [2.75, 3.05) is 24.7 Å². The summed E-state index contributed by atoms with van der Waals surface area (Å²) in [5, 5.41) is 5.66. The molecule has 0 aliphatic heterocycles. The molecule has 0 atom stereocenters. The first-order chi connectivity index (χ1) is 8.84. The molecule has 0 bridgehead atoms. The Bertz CT molecular complexity index is 585. The van der Waals surface area contributed by atoms with Gasteiger partial charge in [0.2, 0.25) is 5.91 Å². The second-order valence-electron chi connectivity index (χ2n) is 3.88. The molecule has 0 unspecified atom stereocenters. The van der Waals surface area contributed by atoms with E-state index in [2.05, 4.69) is 17.2 Å². The van der Waals surface area contributed by atoms with E-state index in [1.807, 2.05) is 0 Å². The lowest BCUT2D eigenvalue weighted by molar-refractivity contribution is -0.115. The van der Waals surface area contributed by atoms with Crippen LogP contribution in [0.2, 0.25) is 5.02 Å². The molecule has 19 heavy (non-hydrogen) atoms. The standard InChI is InChI=1S/C12H15ClN2O3S/c1-3-6-14-8-12(16)15-11-7-9(19(2,17)18)4-5-10(11)13/h3-5,7,14H,1,6,8H2,2H3,(H,15,16). The average molecular weight is 303 g/mol. The van der Waals surface area contributed by atoms with Crippen LogP contribution in [0.3, 0.4) is 0 Å². The molecule has 104 valence electrons. The Labute approximate surface area is 117 Å². The van der Waals surface area contributed by atoms with Crippen LogP contribution in [0.15, 0.2) is 35.7 Å². The highest BCUT2D eigenvalue weighted by atomic mass is 35.5. The summed E-state index contributed by atoms with van der Waals surface area (Å²) in [7, 11) is -3.34. The minimum absolute atomic E-state index is 0.0887. The van der Waals surface area contributed by atoms with Gasteiger partial charge in [-0.2, -0.15) is 0 Å². The van der Waals surface area contributed by atoms with E-state index in [4.69, 9.17) is 11.6 Å². The normalized spacial score (nSPS) is 11.1. The van der Waals surface area contributed by atoms with Gasteiger partial charge in [0.15, 0.2) is 9.84 Å². The predicted molar refractivity (Wildman–Crippen MR) is 76.3 cm³/mol. The fraction of sp³-hybridized carbons (Fsp3) is 0.250. The third-order valence-electron chi connectivity index (χ3n) is 2.21. The van der Waals surface area contributed by atoms with Crippen molar-refractivity contribution >= 4 is 33.0 Å². The van der Waals surface area contributed by atoms with E-state index in [1.54, 1.807) is 6.08 Å². The highest BCUT2D eigenvalue weighted by Gasteiger charge is 2.11. The number of carbonyl (C=O) groups excluding carboxylic acids is 1. The molecule has 0 radical (unpaired) electrons. The zero-order valence-corrected chi connectivity index (χ0v) is 12.0. The van der Waals surface area contributed by atoms with Crippen LogP contribution in [0, 0.1) is 0 Å². The van der Waals surface area contributed by atoms with E-state index in [9.17, 15) is 13.2 Å². The molecule has 1 amide bonds. The van der Waals surface area contributed by atoms with Gasteiger partial charge in [-0.25, -0.2) is 8.42 Å². The Morgan fingerprint density at radius 3 is 2.74 bits per heavy atom. The lowest BCUT2D eigenvalue weighted by Gasteiger charge is -2.09. The molecule has 1 aromatic rings. The molecule has 1 rings (SSSR count). The maximum atomic E-state index is 11.6. The van der Waals surface area contributed by atoms with Gasteiger partial charge in [0.05, 0.1) is 22.2 Å². The molecule has 5 nitrogen and oxygen atoms in total. The first kappa shape index (κ1) is 15.7. The van der Waals surface area contributed by atoms with Gasteiger partial charge < -0.3 is 10.6 Å². The quantitative estimate of drug-likeness (QED) is 0.616. The number of hydrogen-bond acceptors (Lipinski definition) is 4. The van der Waals surface area contributed by atoms with Gasteiger partial charge in [-0.05, 0) is 18.2 Å². The van der Waals surface area contributed by atoms with Crippen LogP contribution in [0.5, 0.6) is 0 Å². The lowest BCUT2D eigenvalue weighted by Crippen LogP contribution is -2.28. The number of sulfone groups is 1. The summed E-state index contributed by atoms with van der Waals surface area (Å²) in [6, 6.07) is 4.16. The fourth-order valence-electron chi connectivity index (χ4n) is 1.31. The van der Waals surface area contributed by atoms with E-state index in [0.29, 0.717) is 6.54 Å². The van der Waals surface area contributed by atoms with Crippen molar-refractivity contribution in [1.29, 1.82) is 0 Å². The molecule has 7 heteroatoms. The monoisotopic (exact) mass is 302 g/mol. The van der Waals surface area contributed by atoms with Gasteiger partial charge in [0, 0.05) is 12.8 Å². The highest BCUT2D eigenvalue weighted by Crippen LogP contribution is 2.25. The van der Waals surface area contributed by atoms with Gasteiger partial charge in [-0.1, -0.05) is 17.7 Å². The molecule has 0 aliphatic carbocycles. The SMILES string of the molecule is C=CCNCC(=O)Nc1cc(S(C)(=O)=O)ccc1Cl. The van der Waals surface area contributed by atoms with Gasteiger partial charge in [-0.15, -0.1) is 6.58 Å². The first-order valence-electron chi connectivity index (χ1n) is 5.45. The van der Waals surface area contributed by atoms with E-state index in [-0.39, 0.29) is 28.1 Å². The second kappa shape index (κ2) is 6.70. The number of benzene rings is 1. The van der Waals surface area contributed by atoms with Crippen molar-refractivity contribution in [1.82, 2.24) is 5.32 Å². The molecule has 2 N–H and O–H groups in total. The number of amides is 1. The van der Waals surface area contributed by atoms with E-state index in [1.165, 1.54) is 18.2 Å². The van der Waals surface area contributed by atoms with Crippen LogP contribution >= 0.6 is 11.6 Å². The topological polar surface area (TPSA) is 75.3 Å². The zero-order valence-electron chi connectivity index (χ0n) is 10.4. The van der Waals surface area contributed by atoms with Crippen molar-refractivity contribution in [3.05, 3.63) is 35.9 Å². The summed E-state index contributed by atoms with van der Waals surface area (Å²) >= 11 is 5.91. The number of carbonyl (C=O) groups is 1. The maximum absolute atomic E-state index is 11.6. The van der Waals surface area contributed by atoms with Crippen LogP contribution in [-0.2, 0) is 14.6 Å². The summed E-state index contributed by atoms with van der Waals surface area (Å²) in [5.41, 5.74) is 0.273. The number of nitrogens with one attached hydrogen (secondary N) is 2. The van der Waals surface area contributed by atoms with Gasteiger partial charge in [0.25, 0.3) is 0 Å².